The Labute approximate surface area is 86.0 Å². The maximum Gasteiger partial charge on any atom is 0.397 e. The molecule has 0 spiro atoms. The van der Waals surface area contributed by atoms with Crippen LogP contribution in [-0.2, 0) is 19.3 Å². The highest BCUT2D eigenvalue weighted by atomic mass is 32.3. The summed E-state index contributed by atoms with van der Waals surface area (Å²) >= 11 is 0. The number of hydrogen-bond acceptors (Lipinski definition) is 7. The zero-order valence-electron chi connectivity index (χ0n) is 7.72. The van der Waals surface area contributed by atoms with Crippen LogP contribution in [0.15, 0.2) is 0 Å². The summed E-state index contributed by atoms with van der Waals surface area (Å²) in [5.74, 6) is 0. The summed E-state index contributed by atoms with van der Waals surface area (Å²) in [6.07, 6.45) is -7.53. The van der Waals surface area contributed by atoms with Crippen molar-refractivity contribution in [3.05, 3.63) is 0 Å². The van der Waals surface area contributed by atoms with Crippen molar-refractivity contribution in [1.29, 1.82) is 0 Å². The van der Waals surface area contributed by atoms with E-state index in [0.717, 1.165) is 0 Å². The van der Waals surface area contributed by atoms with Crippen LogP contribution in [0.1, 0.15) is 6.92 Å². The van der Waals surface area contributed by atoms with Gasteiger partial charge in [-0.15, -0.1) is 0 Å². The predicted molar refractivity (Wildman–Crippen MR) is 45.0 cm³/mol. The average molecular weight is 244 g/mol. The lowest BCUT2D eigenvalue weighted by molar-refractivity contribution is -0.272. The van der Waals surface area contributed by atoms with E-state index in [9.17, 15) is 18.6 Å². The Kier molecular flexibility index (Phi) is 3.66. The van der Waals surface area contributed by atoms with Gasteiger partial charge >= 0.3 is 10.4 Å². The molecule has 1 aliphatic heterocycles. The molecule has 15 heavy (non-hydrogen) atoms. The molecule has 1 fully saturated rings. The minimum Gasteiger partial charge on any atom is -0.388 e. The Morgan fingerprint density at radius 2 is 1.73 bits per heavy atom. The molecule has 0 aliphatic carbocycles. The van der Waals surface area contributed by atoms with Gasteiger partial charge in [-0.25, -0.2) is 4.18 Å². The molecule has 4 N–H and O–H groups in total. The molecule has 0 bridgehead atoms. The summed E-state index contributed by atoms with van der Waals surface area (Å²) in [7, 11) is -4.82. The van der Waals surface area contributed by atoms with Gasteiger partial charge in [0.1, 0.15) is 18.3 Å². The van der Waals surface area contributed by atoms with Crippen LogP contribution < -0.4 is 0 Å². The van der Waals surface area contributed by atoms with Gasteiger partial charge in [0.05, 0.1) is 6.10 Å². The summed E-state index contributed by atoms with van der Waals surface area (Å²) in [6.45, 7) is 1.35. The number of aliphatic hydroxyl groups excluding tert-OH is 3. The van der Waals surface area contributed by atoms with E-state index < -0.39 is 41.1 Å². The normalized spacial score (nSPS) is 42.9. The van der Waals surface area contributed by atoms with Crippen LogP contribution >= 0.6 is 0 Å². The molecule has 1 saturated heterocycles. The van der Waals surface area contributed by atoms with Gasteiger partial charge in [0, 0.05) is 0 Å². The molecule has 1 unspecified atom stereocenters. The quantitative estimate of drug-likeness (QED) is 0.396. The molecule has 0 aromatic heterocycles. The number of ether oxygens (including phenoxy) is 1. The zero-order valence-corrected chi connectivity index (χ0v) is 8.53. The van der Waals surface area contributed by atoms with Crippen molar-refractivity contribution in [3.63, 3.8) is 0 Å². The highest BCUT2D eigenvalue weighted by molar-refractivity contribution is 7.80. The van der Waals surface area contributed by atoms with Crippen LogP contribution in [0, 0.1) is 0 Å². The molecule has 0 saturated carbocycles. The molecule has 1 aliphatic rings. The second-order valence-electron chi connectivity index (χ2n) is 3.20. The molecule has 1 heterocycles. The summed E-state index contributed by atoms with van der Waals surface area (Å²) in [5, 5.41) is 27.7. The topological polar surface area (TPSA) is 134 Å². The number of aliphatic hydroxyl groups is 3. The van der Waals surface area contributed by atoms with Crippen molar-refractivity contribution in [2.75, 3.05) is 0 Å². The van der Waals surface area contributed by atoms with E-state index in [4.69, 9.17) is 9.66 Å². The second-order valence-corrected chi connectivity index (χ2v) is 4.25. The van der Waals surface area contributed by atoms with E-state index >= 15 is 0 Å². The minimum atomic E-state index is -4.82. The van der Waals surface area contributed by atoms with Gasteiger partial charge in [0.15, 0.2) is 6.29 Å². The van der Waals surface area contributed by atoms with Gasteiger partial charge in [0.2, 0.25) is 0 Å². The summed E-state index contributed by atoms with van der Waals surface area (Å²) < 4.78 is 37.9. The molecule has 8 nitrogen and oxygen atoms in total. The zero-order chi connectivity index (χ0) is 11.8. The second kappa shape index (κ2) is 4.29. The molecule has 90 valence electrons. The fourth-order valence-electron chi connectivity index (χ4n) is 1.27. The van der Waals surface area contributed by atoms with Crippen LogP contribution in [0.4, 0.5) is 0 Å². The van der Waals surface area contributed by atoms with E-state index in [1.807, 2.05) is 0 Å². The van der Waals surface area contributed by atoms with E-state index in [-0.39, 0.29) is 0 Å². The lowest BCUT2D eigenvalue weighted by atomic mass is 10.0. The SMILES string of the molecule is C[C@@H]1OC(O)[C@H](O)[C@H](OS(=O)(=O)O)[C@H]1O. The van der Waals surface area contributed by atoms with Crippen LogP contribution in [-0.4, -0.2) is 59.0 Å². The van der Waals surface area contributed by atoms with Gasteiger partial charge in [-0.1, -0.05) is 0 Å². The Bertz CT molecular complexity index is 299. The lowest BCUT2D eigenvalue weighted by Gasteiger charge is -2.38. The molecule has 0 aromatic carbocycles. The van der Waals surface area contributed by atoms with Gasteiger partial charge in [0.25, 0.3) is 0 Å². The third-order valence-corrected chi connectivity index (χ3v) is 2.50. The standard InChI is InChI=1S/C6H12O8S/c1-2-3(7)5(14-15(10,11)12)4(8)6(9)13-2/h2-9H,1H3,(H,10,11,12)/t2-,3-,4+,5+,6?/m0/s1. The maximum absolute atomic E-state index is 10.4. The third-order valence-electron chi connectivity index (χ3n) is 2.03. The molecular formula is C6H12O8S. The first-order valence-electron chi connectivity index (χ1n) is 4.07. The highest BCUT2D eigenvalue weighted by Crippen LogP contribution is 2.22. The molecule has 1 rings (SSSR count). The first-order valence-corrected chi connectivity index (χ1v) is 5.44. The predicted octanol–water partition coefficient (Wildman–Crippen LogP) is -2.37. The minimum absolute atomic E-state index is 0.935. The van der Waals surface area contributed by atoms with Gasteiger partial charge in [-0.2, -0.15) is 8.42 Å². The third kappa shape index (κ3) is 3.08. The smallest absolute Gasteiger partial charge is 0.388 e. The van der Waals surface area contributed by atoms with Crippen molar-refractivity contribution >= 4 is 10.4 Å². The first kappa shape index (κ1) is 12.8. The van der Waals surface area contributed by atoms with E-state index in [1.54, 1.807) is 0 Å². The van der Waals surface area contributed by atoms with Crippen LogP contribution in [0.2, 0.25) is 0 Å². The Morgan fingerprint density at radius 1 is 1.20 bits per heavy atom. The number of hydrogen-bond donors (Lipinski definition) is 4. The fourth-order valence-corrected chi connectivity index (χ4v) is 1.78. The summed E-state index contributed by atoms with van der Waals surface area (Å²) in [5.41, 5.74) is 0. The van der Waals surface area contributed by atoms with Crippen LogP contribution in [0.5, 0.6) is 0 Å². The molecule has 0 amide bonds. The van der Waals surface area contributed by atoms with Crippen molar-refractivity contribution in [3.8, 4) is 0 Å². The van der Waals surface area contributed by atoms with Gasteiger partial charge < -0.3 is 20.1 Å². The lowest BCUT2D eigenvalue weighted by Crippen LogP contribution is -2.58. The maximum atomic E-state index is 10.4. The molecule has 0 radical (unpaired) electrons. The summed E-state index contributed by atoms with van der Waals surface area (Å²) in [6, 6.07) is 0. The Hall–Kier alpha value is -0.290. The van der Waals surface area contributed by atoms with Crippen molar-refractivity contribution < 1.29 is 37.2 Å². The summed E-state index contributed by atoms with van der Waals surface area (Å²) in [4.78, 5) is 0. The van der Waals surface area contributed by atoms with Crippen LogP contribution in [0.25, 0.3) is 0 Å². The molecule has 0 aromatic rings. The Morgan fingerprint density at radius 3 is 2.20 bits per heavy atom. The average Bonchev–Trinajstić information content (AvgIpc) is 2.08. The van der Waals surface area contributed by atoms with Crippen molar-refractivity contribution in [2.24, 2.45) is 0 Å². The first-order chi connectivity index (χ1) is 6.72. The molecule has 5 atom stereocenters. The largest absolute Gasteiger partial charge is 0.397 e. The molecular weight excluding hydrogens is 232 g/mol. The van der Waals surface area contributed by atoms with Crippen LogP contribution in [0.3, 0.4) is 0 Å². The Balaban J connectivity index is 2.82. The van der Waals surface area contributed by atoms with Gasteiger partial charge in [-0.3, -0.25) is 4.55 Å². The van der Waals surface area contributed by atoms with E-state index in [1.165, 1.54) is 6.92 Å². The fraction of sp³-hybridized carbons (Fsp3) is 1.00. The molecule has 9 heteroatoms. The monoisotopic (exact) mass is 244 g/mol. The van der Waals surface area contributed by atoms with E-state index in [0.29, 0.717) is 0 Å². The van der Waals surface area contributed by atoms with E-state index in [2.05, 4.69) is 8.92 Å². The van der Waals surface area contributed by atoms with Crippen molar-refractivity contribution in [1.82, 2.24) is 0 Å². The number of rotatable bonds is 2. The van der Waals surface area contributed by atoms with Gasteiger partial charge in [-0.05, 0) is 6.92 Å². The highest BCUT2D eigenvalue weighted by Gasteiger charge is 2.45. The van der Waals surface area contributed by atoms with Crippen molar-refractivity contribution in [2.45, 2.75) is 37.6 Å².